The van der Waals surface area contributed by atoms with Crippen LogP contribution in [0.15, 0.2) is 12.2 Å². The maximum atomic E-state index is 11.7. The predicted octanol–water partition coefficient (Wildman–Crippen LogP) is 31.3. The van der Waals surface area contributed by atoms with Crippen LogP contribution in [0.5, 0.6) is 0 Å². The first-order chi connectivity index (χ1) is 67.8. The smallest absolute Gasteiger partial charge is 0.399 e. The van der Waals surface area contributed by atoms with Crippen molar-refractivity contribution in [3.8, 4) is 0 Å². The molecule has 8 unspecified atom stereocenters. The predicted molar refractivity (Wildman–Crippen MR) is 590 cm³/mol. The topological polar surface area (TPSA) is 288 Å². The van der Waals surface area contributed by atoms with Crippen LogP contribution in [0.3, 0.4) is 0 Å². The number of unbranched alkanes of at least 4 members (excludes halogenated alkanes) is 47. The Morgan fingerprint density at radius 3 is 0.716 bits per heavy atom. The Balaban J connectivity index is -0.000000793. The summed E-state index contributed by atoms with van der Waals surface area (Å²) in [5.74, 6) is 7.75. The number of carbonyl (C=O) groups excluding carboxylic acids is 4. The highest BCUT2D eigenvalue weighted by Gasteiger charge is 2.38. The molecule has 0 aromatic carbocycles. The average Bonchev–Trinajstić information content (AvgIpc) is 1.72. The van der Waals surface area contributed by atoms with Crippen LogP contribution in [0, 0.1) is 47.3 Å². The number of carbonyl (C=O) groups is 5. The molecule has 4 aliphatic carbocycles. The fourth-order valence-electron chi connectivity index (χ4n) is 18.3. The van der Waals surface area contributed by atoms with Gasteiger partial charge in [-0.2, -0.15) is 8.42 Å². The van der Waals surface area contributed by atoms with Crippen molar-refractivity contribution in [2.45, 2.75) is 543 Å². The third kappa shape index (κ3) is 120. The number of allylic oxidation sites excluding steroid dienone is 2. The highest BCUT2D eigenvalue weighted by Crippen LogP contribution is 2.49. The van der Waals surface area contributed by atoms with E-state index < -0.39 is 26.8 Å². The van der Waals surface area contributed by atoms with Crippen molar-refractivity contribution >= 4 is 50.6 Å². The molecule has 0 amide bonds. The molecule has 24 heteroatoms. The molecule has 0 aromatic rings. The highest BCUT2D eigenvalue weighted by atomic mass is 32.3. The molecule has 22 nitrogen and oxygen atoms in total. The number of rotatable bonds is 91. The Hall–Kier alpha value is -3.33. The van der Waals surface area contributed by atoms with Gasteiger partial charge in [-0.15, -0.1) is 0 Å². The lowest BCUT2D eigenvalue weighted by Gasteiger charge is -2.23. The van der Waals surface area contributed by atoms with Crippen molar-refractivity contribution in [3.63, 3.8) is 0 Å². The standard InChI is InChI=1S/C25H50NO2.C24H47NO2.C21H40O2.C20H38O2.C19H36O2.C5H13NO.C2H6O4S.CH4O4S/c1-5-6-7-8-10-13-17-23-22-24(23)18-14-11-9-12-15-19-25(27)28-21-16-20-26(2,3)4;1-4-5-6-7-9-12-16-22-21-23(22)17-13-10-8-11-14-18-24(26)27-20-15-19-25(2)3;1-3-5-6-7-9-12-15-19-18-20(19)16-13-10-8-11-14-17-21(22)23-4-2;1-3-5-6-7-8-9-10-11-12-13-14-15-16-17-18-19-20(21)22-4-2;1-2-3-4-5-7-10-13-17-16-18(17)14-11-8-6-9-12-15-19(20)21;1-6(2)4-3-5-7;1-5-7(3,4)6-2;1-5-6(2,3)4/h23-24H,5-22H2,1-4H3;22-23H,4-21H2,1-3H3;19-20H,3-18H2,1-2H3;11-12H,3-10,13-19H2,1-2H3;17-18H,2-16H2,1H3,(H,20,21);7H,3-5H2,1-2H3;1-2H3;1H3,(H,2,3,4)/q+1;;;;;;;/p-1/b;;;12-11-;;;;. The first-order valence-electron chi connectivity index (χ1n) is 58.9. The monoisotopic (exact) mass is 2050 g/mol. The van der Waals surface area contributed by atoms with Gasteiger partial charge in [-0.1, -0.05) is 406 Å². The minimum atomic E-state index is -4.41. The normalized spacial score (nSPS) is 17.0. The minimum absolute atomic E-state index is 0.00285. The Morgan fingerprint density at radius 1 is 0.305 bits per heavy atom. The van der Waals surface area contributed by atoms with Crippen molar-refractivity contribution in [2.75, 3.05) is 123 Å². The molecule has 4 aliphatic rings. The molecular formula is C117H233N3O19S2. The number of ether oxygens (including phenoxy) is 4. The Labute approximate surface area is 872 Å². The van der Waals surface area contributed by atoms with E-state index in [1.54, 1.807) is 0 Å². The molecule has 0 bridgehead atoms. The van der Waals surface area contributed by atoms with Crippen LogP contribution in [0.2, 0.25) is 0 Å². The van der Waals surface area contributed by atoms with E-state index in [4.69, 9.17) is 29.2 Å². The van der Waals surface area contributed by atoms with E-state index in [9.17, 15) is 45.4 Å². The first kappa shape index (κ1) is 144. The highest BCUT2D eigenvalue weighted by molar-refractivity contribution is 7.81. The van der Waals surface area contributed by atoms with E-state index in [1.165, 1.54) is 398 Å². The van der Waals surface area contributed by atoms with E-state index in [0.717, 1.165) is 157 Å². The lowest BCUT2D eigenvalue weighted by molar-refractivity contribution is -0.870. The second kappa shape index (κ2) is 107. The van der Waals surface area contributed by atoms with Gasteiger partial charge in [-0.05, 0) is 192 Å². The molecule has 0 saturated heterocycles. The molecular weight excluding hydrogens is 1820 g/mol. The number of aliphatic hydroxyl groups is 1. The third-order valence-corrected chi connectivity index (χ3v) is 28.9. The fourth-order valence-corrected chi connectivity index (χ4v) is 18.5. The summed E-state index contributed by atoms with van der Waals surface area (Å²) in [7, 11) is 9.37. The molecule has 0 spiro atoms. The van der Waals surface area contributed by atoms with E-state index in [2.05, 4.69) is 90.3 Å². The van der Waals surface area contributed by atoms with Crippen LogP contribution in [0.1, 0.15) is 543 Å². The van der Waals surface area contributed by atoms with Crippen LogP contribution in [-0.4, -0.2) is 199 Å². The summed E-state index contributed by atoms with van der Waals surface area (Å²) < 4.78 is 79.9. The molecule has 2 N–H and O–H groups in total. The molecule has 4 saturated carbocycles. The van der Waals surface area contributed by atoms with Crippen molar-refractivity contribution < 1.29 is 91.6 Å². The van der Waals surface area contributed by atoms with Crippen molar-refractivity contribution in [2.24, 2.45) is 47.3 Å². The van der Waals surface area contributed by atoms with Gasteiger partial charge < -0.3 is 48.0 Å². The largest absolute Gasteiger partial charge is 0.726 e. The molecule has 0 radical (unpaired) electrons. The summed E-state index contributed by atoms with van der Waals surface area (Å²) >= 11 is 0. The van der Waals surface area contributed by atoms with Gasteiger partial charge in [0.1, 0.15) is 0 Å². The summed E-state index contributed by atoms with van der Waals surface area (Å²) in [4.78, 5) is 60.3. The number of aliphatic hydroxyl groups excluding tert-OH is 1. The molecule has 0 heterocycles. The molecule has 842 valence electrons. The van der Waals surface area contributed by atoms with E-state index in [1.807, 2.05) is 42.0 Å². The number of carboxylic acid groups (broad SMARTS) is 1. The lowest BCUT2D eigenvalue weighted by atomic mass is 10.0. The lowest BCUT2D eigenvalue weighted by Crippen LogP contribution is -2.35. The Bertz CT molecular complexity index is 2950. The Kier molecular flexibility index (Phi) is 109. The maximum absolute atomic E-state index is 11.7. The van der Waals surface area contributed by atoms with Crippen molar-refractivity contribution in [1.29, 1.82) is 0 Å². The number of carboxylic acids is 1. The van der Waals surface area contributed by atoms with Gasteiger partial charge in [0.25, 0.3) is 0 Å². The summed E-state index contributed by atoms with van der Waals surface area (Å²) in [6.07, 6.45) is 104. The van der Waals surface area contributed by atoms with Crippen LogP contribution in [0.25, 0.3) is 0 Å². The number of quaternary nitrogens is 1. The van der Waals surface area contributed by atoms with Crippen molar-refractivity contribution in [3.05, 3.63) is 12.2 Å². The zero-order valence-corrected chi connectivity index (χ0v) is 97.0. The molecule has 4 rings (SSSR count). The molecule has 0 aromatic heterocycles. The van der Waals surface area contributed by atoms with Gasteiger partial charge in [-0.25, -0.2) is 8.42 Å². The van der Waals surface area contributed by atoms with E-state index >= 15 is 0 Å². The average molecular weight is 2050 g/mol. The summed E-state index contributed by atoms with van der Waals surface area (Å²) in [5.41, 5.74) is 0. The van der Waals surface area contributed by atoms with Gasteiger partial charge in [0.15, 0.2) is 0 Å². The zero-order chi connectivity index (χ0) is 106. The second-order valence-corrected chi connectivity index (χ2v) is 45.6. The van der Waals surface area contributed by atoms with Gasteiger partial charge >= 0.3 is 40.2 Å². The van der Waals surface area contributed by atoms with Crippen LogP contribution >= 0.6 is 0 Å². The van der Waals surface area contributed by atoms with Crippen LogP contribution in [-0.2, 0) is 76.3 Å². The quantitative estimate of drug-likeness (QED) is 0.0109. The fraction of sp³-hybridized carbons (Fsp3) is 0.940. The minimum Gasteiger partial charge on any atom is -0.726 e. The number of esters is 4. The SMILES string of the molecule is CCCCCCCC/C=C\CCCCCCCC(=O)OCC.CCCCCCCCC1CC1CCCCCCCC(=O)O.CCCCCCCCC1CC1CCCCCCCC(=O)OCC.CCCCCCCCC1CC1CCCCCCCC(=O)OCCCN(C)C.CCCCCCCCC1CC1CCCCCCCC(=O)OCCC[N+](C)(C)C.CN(C)CCCO.COS(=O)(=O)OC.COS(=O)(=O)[O-]. The number of nitrogens with zero attached hydrogens (tertiary/aromatic N) is 3. The van der Waals surface area contributed by atoms with Gasteiger partial charge in [0, 0.05) is 51.7 Å². The maximum Gasteiger partial charge on any atom is 0.399 e. The molecule has 4 fully saturated rings. The van der Waals surface area contributed by atoms with E-state index in [0.29, 0.717) is 65.1 Å². The second-order valence-electron chi connectivity index (χ2n) is 43.0. The zero-order valence-electron chi connectivity index (χ0n) is 95.4. The van der Waals surface area contributed by atoms with E-state index in [-0.39, 0.29) is 23.9 Å². The van der Waals surface area contributed by atoms with Gasteiger partial charge in [-0.3, -0.25) is 36.5 Å². The summed E-state index contributed by atoms with van der Waals surface area (Å²) in [5, 5.41) is 16.8. The summed E-state index contributed by atoms with van der Waals surface area (Å²) in [6, 6.07) is 0. The number of aliphatic carboxylic acids is 1. The van der Waals surface area contributed by atoms with Gasteiger partial charge in [0.2, 0.25) is 10.4 Å². The molecule has 8 atom stereocenters. The number of hydrogen-bond donors (Lipinski definition) is 2. The first-order valence-corrected chi connectivity index (χ1v) is 61.6. The molecule has 141 heavy (non-hydrogen) atoms. The van der Waals surface area contributed by atoms with Crippen LogP contribution < -0.4 is 0 Å². The molecule has 0 aliphatic heterocycles. The van der Waals surface area contributed by atoms with Crippen LogP contribution in [0.4, 0.5) is 0 Å². The summed E-state index contributed by atoms with van der Waals surface area (Å²) in [6.45, 7) is 20.6. The van der Waals surface area contributed by atoms with Crippen molar-refractivity contribution in [1.82, 2.24) is 9.80 Å². The van der Waals surface area contributed by atoms with Gasteiger partial charge in [0.05, 0.1) is 75.4 Å². The number of hydrogen-bond acceptors (Lipinski definition) is 20. The third-order valence-electron chi connectivity index (χ3n) is 27.7. The Morgan fingerprint density at radius 2 is 0.518 bits per heavy atom.